The lowest BCUT2D eigenvalue weighted by Gasteiger charge is -2.28. The number of carbonyl (C=O) groups is 2. The van der Waals surface area contributed by atoms with Crippen molar-refractivity contribution in [1.29, 1.82) is 0 Å². The van der Waals surface area contributed by atoms with Crippen LogP contribution in [0.5, 0.6) is 0 Å². The molecule has 1 unspecified atom stereocenters. The molecule has 2 aromatic carbocycles. The van der Waals surface area contributed by atoms with Crippen molar-refractivity contribution in [3.63, 3.8) is 0 Å². The van der Waals surface area contributed by atoms with Crippen LogP contribution >= 0.6 is 0 Å². The number of rotatable bonds is 8. The number of hydrogen-bond donors (Lipinski definition) is 1. The van der Waals surface area contributed by atoms with E-state index in [2.05, 4.69) is 26.8 Å². The number of benzene rings is 2. The number of tetrazole rings is 1. The first-order chi connectivity index (χ1) is 17.6. The molecule has 0 spiro atoms. The predicted octanol–water partition coefficient (Wildman–Crippen LogP) is 2.86. The average Bonchev–Trinajstić information content (AvgIpc) is 3.59. The quantitative estimate of drug-likeness (QED) is 0.523. The van der Waals surface area contributed by atoms with Crippen molar-refractivity contribution in [1.82, 2.24) is 25.5 Å². The maximum absolute atomic E-state index is 13.6. The molecule has 1 aliphatic carbocycles. The largest absolute Gasteiger partial charge is 0.376 e. The van der Waals surface area contributed by atoms with E-state index in [9.17, 15) is 9.59 Å². The van der Waals surface area contributed by atoms with E-state index in [1.807, 2.05) is 43.3 Å². The molecule has 1 aromatic heterocycles. The van der Waals surface area contributed by atoms with Crippen LogP contribution in [0.15, 0.2) is 42.5 Å². The number of carbonyl (C=O) groups excluding carboxylic acids is 2. The van der Waals surface area contributed by atoms with Crippen LogP contribution in [-0.2, 0) is 33.7 Å². The minimum absolute atomic E-state index is 0.0436. The third kappa shape index (κ3) is 5.62. The fraction of sp³-hybridized carbons (Fsp3) is 0.444. The minimum atomic E-state index is -0.255. The average molecular weight is 489 g/mol. The monoisotopic (exact) mass is 488 g/mol. The second-order valence-corrected chi connectivity index (χ2v) is 9.55. The van der Waals surface area contributed by atoms with E-state index in [-0.39, 0.29) is 31.0 Å². The molecule has 2 aliphatic rings. The maximum atomic E-state index is 13.6. The number of nitrogens with one attached hydrogen (secondary N) is 1. The molecule has 2 amide bonds. The van der Waals surface area contributed by atoms with Crippen molar-refractivity contribution in [3.8, 4) is 11.4 Å². The molecule has 2 heterocycles. The van der Waals surface area contributed by atoms with Crippen LogP contribution in [0, 0.1) is 6.92 Å². The van der Waals surface area contributed by atoms with Crippen molar-refractivity contribution < 1.29 is 14.3 Å². The smallest absolute Gasteiger partial charge is 0.251 e. The molecule has 1 fully saturated rings. The standard InChI is InChI=1S/C27H32N6O3/c1-19-11-13-21(14-12-19)27-29-31-33(30-27)18-26(35)32(17-25(34)28-16-22-8-5-15-36-22)24-10-4-7-20-6-2-3-9-23(20)24/h4,7,10-14,22H,2-3,5-6,8-9,15-18H2,1H3,(H,28,34). The summed E-state index contributed by atoms with van der Waals surface area (Å²) in [5, 5.41) is 15.6. The van der Waals surface area contributed by atoms with E-state index in [0.717, 1.165) is 67.5 Å². The van der Waals surface area contributed by atoms with Gasteiger partial charge in [0.05, 0.1) is 6.10 Å². The van der Waals surface area contributed by atoms with Gasteiger partial charge in [0, 0.05) is 24.4 Å². The Morgan fingerprint density at radius 1 is 1.11 bits per heavy atom. The first-order valence-electron chi connectivity index (χ1n) is 12.7. The number of fused-ring (bicyclic) bond motifs is 1. The highest BCUT2D eigenvalue weighted by Gasteiger charge is 2.26. The lowest BCUT2D eigenvalue weighted by atomic mass is 9.90. The summed E-state index contributed by atoms with van der Waals surface area (Å²) in [5.74, 6) is -0.00556. The molecule has 0 bridgehead atoms. The fourth-order valence-corrected chi connectivity index (χ4v) is 4.89. The van der Waals surface area contributed by atoms with Crippen LogP contribution in [0.3, 0.4) is 0 Å². The first kappa shape index (κ1) is 24.1. The third-order valence-electron chi connectivity index (χ3n) is 6.85. The molecule has 1 aliphatic heterocycles. The van der Waals surface area contributed by atoms with Gasteiger partial charge in [-0.05, 0) is 67.9 Å². The molecule has 9 heteroatoms. The van der Waals surface area contributed by atoms with Crippen molar-refractivity contribution in [2.45, 2.75) is 58.1 Å². The minimum Gasteiger partial charge on any atom is -0.376 e. The molecule has 0 saturated carbocycles. The van der Waals surface area contributed by atoms with E-state index in [4.69, 9.17) is 4.74 Å². The Balaban J connectivity index is 1.35. The summed E-state index contributed by atoms with van der Waals surface area (Å²) in [6.07, 6.45) is 6.08. The van der Waals surface area contributed by atoms with Crippen LogP contribution in [0.1, 0.15) is 42.4 Å². The van der Waals surface area contributed by atoms with Gasteiger partial charge < -0.3 is 15.0 Å². The summed E-state index contributed by atoms with van der Waals surface area (Å²) in [7, 11) is 0. The van der Waals surface area contributed by atoms with Crippen molar-refractivity contribution in [3.05, 3.63) is 59.2 Å². The Labute approximate surface area is 210 Å². The number of aromatic nitrogens is 4. The Morgan fingerprint density at radius 3 is 2.75 bits per heavy atom. The summed E-state index contributed by atoms with van der Waals surface area (Å²) in [6, 6.07) is 13.8. The number of amides is 2. The van der Waals surface area contributed by atoms with E-state index in [1.165, 1.54) is 10.4 Å². The molecular formula is C27H32N6O3. The topological polar surface area (TPSA) is 102 Å². The fourth-order valence-electron chi connectivity index (χ4n) is 4.89. The number of aryl methyl sites for hydroxylation is 2. The highest BCUT2D eigenvalue weighted by Crippen LogP contribution is 2.30. The predicted molar refractivity (Wildman–Crippen MR) is 135 cm³/mol. The molecule has 1 saturated heterocycles. The van der Waals surface area contributed by atoms with Gasteiger partial charge in [-0.3, -0.25) is 9.59 Å². The normalized spacial score (nSPS) is 17.0. The van der Waals surface area contributed by atoms with Crippen LogP contribution in [0.4, 0.5) is 5.69 Å². The SMILES string of the molecule is Cc1ccc(-c2nnn(CC(=O)N(CC(=O)NCC3CCCO3)c3cccc4c3CCCC4)n2)cc1. The van der Waals surface area contributed by atoms with Crippen LogP contribution < -0.4 is 10.2 Å². The zero-order valence-corrected chi connectivity index (χ0v) is 20.7. The summed E-state index contributed by atoms with van der Waals surface area (Å²) in [6.45, 7) is 3.03. The summed E-state index contributed by atoms with van der Waals surface area (Å²) >= 11 is 0. The van der Waals surface area contributed by atoms with Crippen molar-refractivity contribution >= 4 is 17.5 Å². The summed E-state index contributed by atoms with van der Waals surface area (Å²) in [4.78, 5) is 29.4. The molecular weight excluding hydrogens is 456 g/mol. The molecule has 1 N–H and O–H groups in total. The van der Waals surface area contributed by atoms with E-state index in [1.54, 1.807) is 4.90 Å². The number of hydrogen-bond acceptors (Lipinski definition) is 6. The zero-order valence-electron chi connectivity index (χ0n) is 20.7. The second kappa shape index (κ2) is 11.0. The van der Waals surface area contributed by atoms with Gasteiger partial charge in [-0.1, -0.05) is 42.0 Å². The van der Waals surface area contributed by atoms with Gasteiger partial charge in [0.1, 0.15) is 13.1 Å². The summed E-state index contributed by atoms with van der Waals surface area (Å²) < 4.78 is 5.62. The third-order valence-corrected chi connectivity index (χ3v) is 6.85. The zero-order chi connectivity index (χ0) is 24.9. The molecule has 3 aromatic rings. The van der Waals surface area contributed by atoms with Crippen LogP contribution in [0.25, 0.3) is 11.4 Å². The Kier molecular flexibility index (Phi) is 7.36. The van der Waals surface area contributed by atoms with Crippen LogP contribution in [-0.4, -0.2) is 57.8 Å². The lowest BCUT2D eigenvalue weighted by molar-refractivity contribution is -0.124. The van der Waals surface area contributed by atoms with Crippen LogP contribution in [0.2, 0.25) is 0 Å². The molecule has 5 rings (SSSR count). The first-order valence-corrected chi connectivity index (χ1v) is 12.7. The van der Waals surface area contributed by atoms with E-state index < -0.39 is 0 Å². The molecule has 1 atom stereocenters. The maximum Gasteiger partial charge on any atom is 0.251 e. The molecule has 0 radical (unpaired) electrons. The highest BCUT2D eigenvalue weighted by atomic mass is 16.5. The Morgan fingerprint density at radius 2 is 1.94 bits per heavy atom. The Hall–Kier alpha value is -3.59. The van der Waals surface area contributed by atoms with E-state index in [0.29, 0.717) is 12.4 Å². The Bertz CT molecular complexity index is 1220. The van der Waals surface area contributed by atoms with E-state index >= 15 is 0 Å². The number of nitrogens with zero attached hydrogens (tertiary/aromatic N) is 5. The van der Waals surface area contributed by atoms with Gasteiger partial charge in [-0.2, -0.15) is 4.80 Å². The second-order valence-electron chi connectivity index (χ2n) is 9.55. The molecule has 9 nitrogen and oxygen atoms in total. The highest BCUT2D eigenvalue weighted by molar-refractivity contribution is 5.99. The van der Waals surface area contributed by atoms with Gasteiger partial charge in [-0.25, -0.2) is 0 Å². The number of ether oxygens (including phenoxy) is 1. The van der Waals surface area contributed by atoms with Gasteiger partial charge in [0.15, 0.2) is 0 Å². The van der Waals surface area contributed by atoms with Crippen molar-refractivity contribution in [2.75, 3.05) is 24.6 Å². The lowest BCUT2D eigenvalue weighted by Crippen LogP contribution is -2.44. The molecule has 36 heavy (non-hydrogen) atoms. The van der Waals surface area contributed by atoms with Crippen molar-refractivity contribution in [2.24, 2.45) is 0 Å². The van der Waals surface area contributed by atoms with Gasteiger partial charge >= 0.3 is 0 Å². The summed E-state index contributed by atoms with van der Waals surface area (Å²) in [5.41, 5.74) is 5.17. The van der Waals surface area contributed by atoms with Gasteiger partial charge in [-0.15, -0.1) is 10.2 Å². The van der Waals surface area contributed by atoms with Gasteiger partial charge in [0.25, 0.3) is 5.91 Å². The molecule has 188 valence electrons. The number of anilines is 1. The van der Waals surface area contributed by atoms with Gasteiger partial charge in [0.2, 0.25) is 11.7 Å².